The molecule has 21 heavy (non-hydrogen) atoms. The highest BCUT2D eigenvalue weighted by Gasteiger charge is 2.23. The lowest BCUT2D eigenvalue weighted by atomic mass is 9.86. The number of rotatable bonds is 3. The summed E-state index contributed by atoms with van der Waals surface area (Å²) in [5.41, 5.74) is 3.94. The molecular formula is C17H28N4. The van der Waals surface area contributed by atoms with Crippen LogP contribution in [0.3, 0.4) is 0 Å². The van der Waals surface area contributed by atoms with Gasteiger partial charge in [-0.1, -0.05) is 12.8 Å². The molecule has 0 aromatic carbocycles. The molecule has 0 amide bonds. The first-order chi connectivity index (χ1) is 10.3. The Balaban J connectivity index is 1.81. The number of hydrogen-bond acceptors (Lipinski definition) is 4. The van der Waals surface area contributed by atoms with E-state index in [1.165, 1.54) is 49.1 Å². The molecule has 2 aliphatic rings. The fraction of sp³-hybridized carbons (Fsp3) is 0.765. The summed E-state index contributed by atoms with van der Waals surface area (Å²) in [4.78, 5) is 12.2. The molecule has 1 aromatic rings. The van der Waals surface area contributed by atoms with E-state index in [0.29, 0.717) is 0 Å². The van der Waals surface area contributed by atoms with Crippen LogP contribution in [0.25, 0.3) is 0 Å². The molecule has 116 valence electrons. The quantitative estimate of drug-likeness (QED) is 0.928. The van der Waals surface area contributed by atoms with Crippen LogP contribution in [0.5, 0.6) is 0 Å². The second kappa shape index (κ2) is 6.73. The second-order valence-electron chi connectivity index (χ2n) is 6.60. The van der Waals surface area contributed by atoms with Crippen molar-refractivity contribution in [2.75, 3.05) is 31.6 Å². The first kappa shape index (κ1) is 14.8. The summed E-state index contributed by atoms with van der Waals surface area (Å²) in [5, 5.41) is 3.31. The Kier molecular flexibility index (Phi) is 4.73. The monoisotopic (exact) mass is 288 g/mol. The first-order valence-electron chi connectivity index (χ1n) is 8.54. The Morgan fingerprint density at radius 3 is 2.62 bits per heavy atom. The van der Waals surface area contributed by atoms with Gasteiger partial charge in [-0.05, 0) is 64.1 Å². The molecule has 1 N–H and O–H groups in total. The Bertz CT molecular complexity index is 478. The van der Waals surface area contributed by atoms with Gasteiger partial charge in [0.25, 0.3) is 0 Å². The van der Waals surface area contributed by atoms with Crippen LogP contribution in [-0.4, -0.2) is 36.6 Å². The van der Waals surface area contributed by atoms with Crippen molar-refractivity contribution >= 4 is 5.95 Å². The highest BCUT2D eigenvalue weighted by Crippen LogP contribution is 2.28. The van der Waals surface area contributed by atoms with E-state index in [-0.39, 0.29) is 0 Å². The lowest BCUT2D eigenvalue weighted by molar-refractivity contribution is 0.432. The van der Waals surface area contributed by atoms with E-state index in [1.807, 2.05) is 7.05 Å². The van der Waals surface area contributed by atoms with Crippen LogP contribution in [0.4, 0.5) is 5.95 Å². The Morgan fingerprint density at radius 1 is 1.14 bits per heavy atom. The van der Waals surface area contributed by atoms with Crippen LogP contribution < -0.4 is 10.2 Å². The van der Waals surface area contributed by atoms with Gasteiger partial charge in [-0.2, -0.15) is 0 Å². The van der Waals surface area contributed by atoms with Crippen molar-refractivity contribution in [3.63, 3.8) is 0 Å². The average molecular weight is 288 g/mol. The van der Waals surface area contributed by atoms with Gasteiger partial charge in [0.1, 0.15) is 0 Å². The third kappa shape index (κ3) is 3.37. The van der Waals surface area contributed by atoms with Crippen LogP contribution in [0.2, 0.25) is 0 Å². The number of nitrogens with zero attached hydrogens (tertiary/aromatic N) is 3. The molecule has 0 spiro atoms. The van der Waals surface area contributed by atoms with Gasteiger partial charge in [0, 0.05) is 24.5 Å². The maximum absolute atomic E-state index is 4.93. The molecule has 3 rings (SSSR count). The molecule has 0 bridgehead atoms. The highest BCUT2D eigenvalue weighted by atomic mass is 15.2. The predicted octanol–water partition coefficient (Wildman–Crippen LogP) is 2.49. The van der Waals surface area contributed by atoms with Crippen LogP contribution >= 0.6 is 0 Å². The van der Waals surface area contributed by atoms with Crippen LogP contribution in [-0.2, 0) is 12.8 Å². The molecule has 1 aliphatic heterocycles. The molecule has 1 unspecified atom stereocenters. The van der Waals surface area contributed by atoms with E-state index >= 15 is 0 Å². The van der Waals surface area contributed by atoms with Gasteiger partial charge in [-0.25, -0.2) is 9.97 Å². The molecule has 0 radical (unpaired) electrons. The third-order valence-electron chi connectivity index (χ3n) is 4.95. The van der Waals surface area contributed by atoms with Crippen LogP contribution in [0, 0.1) is 12.8 Å². The fourth-order valence-corrected chi connectivity index (χ4v) is 3.72. The topological polar surface area (TPSA) is 41.1 Å². The summed E-state index contributed by atoms with van der Waals surface area (Å²) in [5.74, 6) is 1.73. The summed E-state index contributed by atoms with van der Waals surface area (Å²) in [6, 6.07) is 0. The average Bonchev–Trinajstić information content (AvgIpc) is 2.77. The summed E-state index contributed by atoms with van der Waals surface area (Å²) < 4.78 is 0. The van der Waals surface area contributed by atoms with E-state index < -0.39 is 0 Å². The lowest BCUT2D eigenvalue weighted by Gasteiger charge is -2.27. The Morgan fingerprint density at radius 2 is 1.90 bits per heavy atom. The minimum atomic E-state index is 0.744. The minimum Gasteiger partial charge on any atom is -0.341 e. The lowest BCUT2D eigenvalue weighted by Crippen LogP contribution is -2.29. The number of hydrogen-bond donors (Lipinski definition) is 1. The SMILES string of the molecule is CNCC1CCc2nc(N3CCCCCC3)nc(C)c2C1. The zero-order valence-electron chi connectivity index (χ0n) is 13.5. The molecule has 2 heterocycles. The zero-order chi connectivity index (χ0) is 14.7. The van der Waals surface area contributed by atoms with Crippen LogP contribution in [0.15, 0.2) is 0 Å². The molecule has 1 saturated heterocycles. The van der Waals surface area contributed by atoms with Gasteiger partial charge in [0.15, 0.2) is 0 Å². The Labute approximate surface area is 128 Å². The molecule has 1 fully saturated rings. The molecule has 0 saturated carbocycles. The molecular weight excluding hydrogens is 260 g/mol. The van der Waals surface area contributed by atoms with Crippen LogP contribution in [0.1, 0.15) is 49.1 Å². The highest BCUT2D eigenvalue weighted by molar-refractivity contribution is 5.38. The fourth-order valence-electron chi connectivity index (χ4n) is 3.72. The summed E-state index contributed by atoms with van der Waals surface area (Å²) in [6.45, 7) is 5.53. The standard InChI is InChI=1S/C17H28N4/c1-13-15-11-14(12-18-2)7-8-16(15)20-17(19-13)21-9-5-3-4-6-10-21/h14,18H,3-12H2,1-2H3. The van der Waals surface area contributed by atoms with E-state index in [0.717, 1.165) is 44.3 Å². The number of fused-ring (bicyclic) bond motifs is 1. The van der Waals surface area contributed by atoms with Gasteiger partial charge in [-0.3, -0.25) is 0 Å². The first-order valence-corrected chi connectivity index (χ1v) is 8.54. The summed E-state index contributed by atoms with van der Waals surface area (Å²) in [7, 11) is 2.04. The van der Waals surface area contributed by atoms with Gasteiger partial charge in [0.05, 0.1) is 0 Å². The zero-order valence-corrected chi connectivity index (χ0v) is 13.5. The van der Waals surface area contributed by atoms with Gasteiger partial charge >= 0.3 is 0 Å². The van der Waals surface area contributed by atoms with Gasteiger partial charge in [-0.15, -0.1) is 0 Å². The number of aryl methyl sites for hydroxylation is 2. The van der Waals surface area contributed by atoms with Crippen molar-refractivity contribution in [1.82, 2.24) is 15.3 Å². The van der Waals surface area contributed by atoms with E-state index in [4.69, 9.17) is 9.97 Å². The number of aromatic nitrogens is 2. The van der Waals surface area contributed by atoms with E-state index in [9.17, 15) is 0 Å². The molecule has 1 aromatic heterocycles. The van der Waals surface area contributed by atoms with E-state index in [1.54, 1.807) is 0 Å². The number of anilines is 1. The van der Waals surface area contributed by atoms with Gasteiger partial charge < -0.3 is 10.2 Å². The van der Waals surface area contributed by atoms with Crippen molar-refractivity contribution in [3.8, 4) is 0 Å². The summed E-state index contributed by atoms with van der Waals surface area (Å²) >= 11 is 0. The maximum atomic E-state index is 4.93. The summed E-state index contributed by atoms with van der Waals surface area (Å²) in [6.07, 6.45) is 8.78. The normalized spacial score (nSPS) is 22.8. The Hall–Kier alpha value is -1.16. The van der Waals surface area contributed by atoms with Crippen molar-refractivity contribution < 1.29 is 0 Å². The van der Waals surface area contributed by atoms with Crippen molar-refractivity contribution in [2.24, 2.45) is 5.92 Å². The van der Waals surface area contributed by atoms with Crippen molar-refractivity contribution in [3.05, 3.63) is 17.0 Å². The maximum Gasteiger partial charge on any atom is 0.225 e. The molecule has 1 aliphatic carbocycles. The predicted molar refractivity (Wildman–Crippen MR) is 86.9 cm³/mol. The third-order valence-corrected chi connectivity index (χ3v) is 4.95. The number of nitrogens with one attached hydrogen (secondary N) is 1. The van der Waals surface area contributed by atoms with Crippen molar-refractivity contribution in [1.29, 1.82) is 0 Å². The largest absolute Gasteiger partial charge is 0.341 e. The van der Waals surface area contributed by atoms with Crippen molar-refractivity contribution in [2.45, 2.75) is 51.9 Å². The molecule has 1 atom stereocenters. The minimum absolute atomic E-state index is 0.744. The second-order valence-corrected chi connectivity index (χ2v) is 6.60. The molecule has 4 nitrogen and oxygen atoms in total. The van der Waals surface area contributed by atoms with Gasteiger partial charge in [0.2, 0.25) is 5.95 Å². The molecule has 4 heteroatoms. The van der Waals surface area contributed by atoms with E-state index in [2.05, 4.69) is 17.1 Å². The smallest absolute Gasteiger partial charge is 0.225 e.